The van der Waals surface area contributed by atoms with Gasteiger partial charge in [-0.05, 0) is 38.5 Å². The number of unbranched alkanes of at least 4 members (excludes halogenated alkanes) is 21. The van der Waals surface area contributed by atoms with Gasteiger partial charge in [0, 0.05) is 13.0 Å². The van der Waals surface area contributed by atoms with E-state index in [2.05, 4.69) is 42.3 Å². The van der Waals surface area contributed by atoms with Gasteiger partial charge in [0.2, 0.25) is 0 Å². The number of ether oxygens (including phenoxy) is 4. The standard InChI is InChI=1S/C43H80O12S/c1-3-5-7-9-11-13-15-17-19-20-22-24-26-28-30-32-39(45)53-37(35-51-33-31-29-27-25-23-21-18-16-14-12-10-8-6-4-2)36-52-43-41(47)42(55-56(48,49)50)40(46)38(34-44)54-43/h8,10,14,16,37-38,40-44,46-47H,3-7,9,11-13,15,17-36H2,1-2H3,(H,48,49,50)/b10-8-,16-14-. The van der Waals surface area contributed by atoms with E-state index in [0.29, 0.717) is 13.0 Å². The van der Waals surface area contributed by atoms with E-state index >= 15 is 0 Å². The molecule has 0 spiro atoms. The number of rotatable bonds is 38. The average Bonchev–Trinajstić information content (AvgIpc) is 3.17. The van der Waals surface area contributed by atoms with Crippen LogP contribution < -0.4 is 0 Å². The molecular weight excluding hydrogens is 741 g/mol. The van der Waals surface area contributed by atoms with Crippen molar-refractivity contribution in [2.45, 2.75) is 218 Å². The highest BCUT2D eigenvalue weighted by Gasteiger charge is 2.48. The Kier molecular flexibility index (Phi) is 33.4. The van der Waals surface area contributed by atoms with Crippen LogP contribution in [0.25, 0.3) is 0 Å². The van der Waals surface area contributed by atoms with Gasteiger partial charge in [-0.15, -0.1) is 0 Å². The molecule has 4 N–H and O–H groups in total. The first-order valence-electron chi connectivity index (χ1n) is 22.1. The highest BCUT2D eigenvalue weighted by Crippen LogP contribution is 2.26. The maximum absolute atomic E-state index is 12.8. The fourth-order valence-corrected chi connectivity index (χ4v) is 7.22. The fraction of sp³-hybridized carbons (Fsp3) is 0.884. The largest absolute Gasteiger partial charge is 0.457 e. The smallest absolute Gasteiger partial charge is 0.397 e. The summed E-state index contributed by atoms with van der Waals surface area (Å²) >= 11 is 0. The van der Waals surface area contributed by atoms with Gasteiger partial charge in [-0.25, -0.2) is 4.18 Å². The van der Waals surface area contributed by atoms with Crippen molar-refractivity contribution in [1.29, 1.82) is 0 Å². The molecule has 0 aromatic rings. The number of aliphatic hydroxyl groups is 3. The van der Waals surface area contributed by atoms with Crippen molar-refractivity contribution in [3.63, 3.8) is 0 Å². The number of carbonyl (C=O) groups excluding carboxylic acids is 1. The van der Waals surface area contributed by atoms with E-state index in [1.807, 2.05) is 0 Å². The van der Waals surface area contributed by atoms with Crippen LogP contribution in [0.15, 0.2) is 24.3 Å². The van der Waals surface area contributed by atoms with Gasteiger partial charge in [0.15, 0.2) is 6.29 Å². The zero-order valence-electron chi connectivity index (χ0n) is 34.9. The number of hydrogen-bond donors (Lipinski definition) is 4. The average molecular weight is 821 g/mol. The van der Waals surface area contributed by atoms with E-state index in [9.17, 15) is 28.5 Å². The second-order valence-electron chi connectivity index (χ2n) is 15.3. The summed E-state index contributed by atoms with van der Waals surface area (Å²) < 4.78 is 59.0. The lowest BCUT2D eigenvalue weighted by molar-refractivity contribution is -0.301. The van der Waals surface area contributed by atoms with Gasteiger partial charge in [-0.1, -0.05) is 160 Å². The van der Waals surface area contributed by atoms with Crippen molar-refractivity contribution in [2.24, 2.45) is 0 Å². The maximum atomic E-state index is 12.8. The molecule has 12 nitrogen and oxygen atoms in total. The molecule has 330 valence electrons. The van der Waals surface area contributed by atoms with Crippen molar-refractivity contribution in [3.8, 4) is 0 Å². The first kappa shape index (κ1) is 52.6. The molecule has 56 heavy (non-hydrogen) atoms. The van der Waals surface area contributed by atoms with Crippen LogP contribution in [0.2, 0.25) is 0 Å². The van der Waals surface area contributed by atoms with E-state index < -0.39 is 59.8 Å². The SMILES string of the molecule is CCC/C=C\C/C=C\CCCCCCCCOCC(COC1OC(CO)C(O)C(OS(=O)(=O)O)C1O)OC(=O)CCCCCCCCCCCCCCCCC. The maximum Gasteiger partial charge on any atom is 0.397 e. The van der Waals surface area contributed by atoms with Crippen molar-refractivity contribution in [3.05, 3.63) is 24.3 Å². The topological polar surface area (TPSA) is 178 Å². The van der Waals surface area contributed by atoms with Crippen LogP contribution in [0.3, 0.4) is 0 Å². The molecule has 6 unspecified atom stereocenters. The Morgan fingerprint density at radius 3 is 1.77 bits per heavy atom. The van der Waals surface area contributed by atoms with Gasteiger partial charge in [0.25, 0.3) is 0 Å². The van der Waals surface area contributed by atoms with E-state index in [1.165, 1.54) is 89.9 Å². The Bertz CT molecular complexity index is 1080. The lowest BCUT2D eigenvalue weighted by Crippen LogP contribution is -2.60. The Morgan fingerprint density at radius 1 is 0.679 bits per heavy atom. The van der Waals surface area contributed by atoms with Crippen molar-refractivity contribution < 1.29 is 56.2 Å². The Morgan fingerprint density at radius 2 is 1.21 bits per heavy atom. The van der Waals surface area contributed by atoms with E-state index in [-0.39, 0.29) is 19.6 Å². The van der Waals surface area contributed by atoms with Crippen molar-refractivity contribution >= 4 is 16.4 Å². The Balaban J connectivity index is 2.44. The molecule has 0 amide bonds. The number of hydrogen-bond acceptors (Lipinski definition) is 11. The summed E-state index contributed by atoms with van der Waals surface area (Å²) in [5.74, 6) is -0.402. The number of carbonyl (C=O) groups is 1. The summed E-state index contributed by atoms with van der Waals surface area (Å²) in [6.45, 7) is 3.91. The summed E-state index contributed by atoms with van der Waals surface area (Å²) in [5, 5.41) is 30.6. The molecule has 13 heteroatoms. The van der Waals surface area contributed by atoms with Crippen molar-refractivity contribution in [1.82, 2.24) is 0 Å². The molecule has 1 rings (SSSR count). The second kappa shape index (κ2) is 35.5. The predicted octanol–water partition coefficient (Wildman–Crippen LogP) is 8.85. The van der Waals surface area contributed by atoms with E-state index in [1.54, 1.807) is 0 Å². The molecule has 0 saturated carbocycles. The van der Waals surface area contributed by atoms with Crippen LogP contribution in [0.4, 0.5) is 0 Å². The highest BCUT2D eigenvalue weighted by molar-refractivity contribution is 7.80. The molecule has 1 saturated heterocycles. The molecule has 1 fully saturated rings. The van der Waals surface area contributed by atoms with Gasteiger partial charge >= 0.3 is 16.4 Å². The fourth-order valence-electron chi connectivity index (χ4n) is 6.71. The van der Waals surface area contributed by atoms with Crippen LogP contribution in [0.1, 0.15) is 181 Å². The number of allylic oxidation sites excluding steroid dienone is 4. The minimum Gasteiger partial charge on any atom is -0.457 e. The summed E-state index contributed by atoms with van der Waals surface area (Å²) in [6.07, 6.45) is 29.2. The minimum absolute atomic E-state index is 0.0321. The molecule has 1 aliphatic rings. The first-order chi connectivity index (χ1) is 27.1. The van der Waals surface area contributed by atoms with E-state index in [4.69, 9.17) is 23.5 Å². The minimum atomic E-state index is -5.06. The third-order valence-corrected chi connectivity index (χ3v) is 10.5. The molecule has 6 atom stereocenters. The Hall–Kier alpha value is -1.42. The lowest BCUT2D eigenvalue weighted by atomic mass is 9.99. The normalized spacial score (nSPS) is 21.0. The summed E-state index contributed by atoms with van der Waals surface area (Å²) in [7, 11) is -5.06. The zero-order valence-corrected chi connectivity index (χ0v) is 35.8. The first-order valence-corrected chi connectivity index (χ1v) is 23.5. The highest BCUT2D eigenvalue weighted by atomic mass is 32.3. The molecule has 0 bridgehead atoms. The van der Waals surface area contributed by atoms with E-state index in [0.717, 1.165) is 64.2 Å². The number of esters is 1. The monoisotopic (exact) mass is 821 g/mol. The van der Waals surface area contributed by atoms with Gasteiger partial charge < -0.3 is 34.3 Å². The zero-order chi connectivity index (χ0) is 41.1. The predicted molar refractivity (Wildman–Crippen MR) is 221 cm³/mol. The summed E-state index contributed by atoms with van der Waals surface area (Å²) in [4.78, 5) is 12.8. The summed E-state index contributed by atoms with van der Waals surface area (Å²) in [5.41, 5.74) is 0. The third kappa shape index (κ3) is 28.9. The second-order valence-corrected chi connectivity index (χ2v) is 16.3. The quantitative estimate of drug-likeness (QED) is 0.0202. The third-order valence-electron chi connectivity index (χ3n) is 10.1. The number of aliphatic hydroxyl groups excluding tert-OH is 3. The molecule has 0 aromatic carbocycles. The van der Waals surface area contributed by atoms with Crippen molar-refractivity contribution in [2.75, 3.05) is 26.4 Å². The van der Waals surface area contributed by atoms with Crippen LogP contribution in [-0.2, 0) is 38.3 Å². The van der Waals surface area contributed by atoms with Crippen LogP contribution in [-0.4, -0.2) is 97.5 Å². The molecule has 0 aliphatic carbocycles. The van der Waals surface area contributed by atoms with Gasteiger partial charge in [-0.2, -0.15) is 8.42 Å². The molecule has 1 aliphatic heterocycles. The molecule has 0 radical (unpaired) electrons. The Labute approximate surface area is 340 Å². The molecule has 1 heterocycles. The molecular formula is C43H80O12S. The lowest BCUT2D eigenvalue weighted by Gasteiger charge is -2.41. The van der Waals surface area contributed by atoms with Gasteiger partial charge in [-0.3, -0.25) is 9.35 Å². The molecule has 0 aromatic heterocycles. The van der Waals surface area contributed by atoms with Gasteiger partial charge in [0.1, 0.15) is 30.5 Å². The summed E-state index contributed by atoms with van der Waals surface area (Å²) in [6, 6.07) is 0. The van der Waals surface area contributed by atoms with Crippen LogP contribution in [0.5, 0.6) is 0 Å². The van der Waals surface area contributed by atoms with Gasteiger partial charge in [0.05, 0.1) is 19.8 Å². The van der Waals surface area contributed by atoms with Crippen LogP contribution in [0, 0.1) is 0 Å². The van der Waals surface area contributed by atoms with Crippen LogP contribution >= 0.6 is 0 Å².